The van der Waals surface area contributed by atoms with Crippen molar-refractivity contribution in [2.24, 2.45) is 0 Å². The van der Waals surface area contributed by atoms with Crippen LogP contribution in [0.1, 0.15) is 20.8 Å². The molecule has 0 unspecified atom stereocenters. The first-order chi connectivity index (χ1) is 8.10. The highest BCUT2D eigenvalue weighted by molar-refractivity contribution is 7.88. The van der Waals surface area contributed by atoms with Crippen LogP contribution in [0.4, 0.5) is 0 Å². The Labute approximate surface area is 111 Å². The summed E-state index contributed by atoms with van der Waals surface area (Å²) in [5, 5.41) is -5.95. The molecule has 0 aliphatic heterocycles. The highest BCUT2D eigenvalue weighted by atomic mass is 32.2. The van der Waals surface area contributed by atoms with Crippen molar-refractivity contribution in [3.63, 3.8) is 0 Å². The van der Waals surface area contributed by atoms with Crippen molar-refractivity contribution in [1.29, 1.82) is 0 Å². The Bertz CT molecular complexity index is 529. The third kappa shape index (κ3) is 4.94. The second-order valence-electron chi connectivity index (χ2n) is 3.79. The first kappa shape index (κ1) is 18.7. The first-order valence-electron chi connectivity index (χ1n) is 4.76. The van der Waals surface area contributed by atoms with Crippen LogP contribution < -0.4 is 0 Å². The van der Waals surface area contributed by atoms with E-state index >= 15 is 0 Å². The molecule has 0 rings (SSSR count). The summed E-state index contributed by atoms with van der Waals surface area (Å²) in [4.78, 5) is 0.236. The van der Waals surface area contributed by atoms with Gasteiger partial charge in [-0.1, -0.05) is 0 Å². The minimum absolute atomic E-state index is 0.236. The Morgan fingerprint density at radius 2 is 0.789 bits per heavy atom. The minimum atomic E-state index is -4.84. The van der Waals surface area contributed by atoms with Crippen molar-refractivity contribution >= 4 is 30.4 Å². The van der Waals surface area contributed by atoms with Crippen LogP contribution in [0.25, 0.3) is 0 Å². The lowest BCUT2D eigenvalue weighted by molar-refractivity contribution is 0.204. The van der Waals surface area contributed by atoms with E-state index in [0.717, 1.165) is 20.8 Å². The quantitative estimate of drug-likeness (QED) is 0.509. The number of hydrogen-bond acceptors (Lipinski definition) is 7. The van der Waals surface area contributed by atoms with E-state index in [4.69, 9.17) is 13.7 Å². The van der Waals surface area contributed by atoms with Gasteiger partial charge in [0.15, 0.2) is 0 Å². The number of hydrogen-bond donors (Lipinski definition) is 3. The van der Waals surface area contributed by atoms with Gasteiger partial charge in [0, 0.05) is 0 Å². The largest absolute Gasteiger partial charge is 0.284 e. The molecule has 19 heavy (non-hydrogen) atoms. The molecule has 0 aromatic carbocycles. The molecular weight excluding hydrogens is 326 g/mol. The molecule has 0 spiro atoms. The molecule has 0 aliphatic carbocycles. The molecule has 0 aromatic rings. The van der Waals surface area contributed by atoms with Crippen LogP contribution in [0.15, 0.2) is 0 Å². The van der Waals surface area contributed by atoms with Crippen LogP contribution in [0.2, 0.25) is 0 Å². The molecule has 0 bridgehead atoms. The third-order valence-electron chi connectivity index (χ3n) is 2.55. The van der Waals surface area contributed by atoms with Gasteiger partial charge in [0.05, 0.1) is 0 Å². The average molecular weight is 341 g/mol. The molecular formula is C6H15NO9S3. The predicted molar refractivity (Wildman–Crippen MR) is 64.9 cm³/mol. The van der Waals surface area contributed by atoms with E-state index in [1.165, 1.54) is 0 Å². The lowest BCUT2D eigenvalue weighted by Gasteiger charge is -2.33. The Morgan fingerprint density at radius 3 is 0.895 bits per heavy atom. The SMILES string of the molecule is C[C@H](N([C@H](C)S(=O)(=O)O)[C@H](C)S(=O)(=O)O)S(=O)(=O)O. The second-order valence-corrected chi connectivity index (χ2v) is 8.93. The van der Waals surface area contributed by atoms with Crippen LogP contribution in [0, 0.1) is 0 Å². The Kier molecular flexibility index (Phi) is 5.50. The third-order valence-corrected chi connectivity index (χ3v) is 5.87. The number of rotatable bonds is 6. The highest BCUT2D eigenvalue weighted by Crippen LogP contribution is 2.20. The predicted octanol–water partition coefficient (Wildman–Crippen LogP) is -1.01. The highest BCUT2D eigenvalue weighted by Gasteiger charge is 2.42. The van der Waals surface area contributed by atoms with E-state index in [2.05, 4.69) is 0 Å². The maximum atomic E-state index is 11.0. The molecule has 13 heteroatoms. The molecule has 116 valence electrons. The minimum Gasteiger partial charge on any atom is -0.284 e. The summed E-state index contributed by atoms with van der Waals surface area (Å²) >= 11 is 0. The first-order valence-corrected chi connectivity index (χ1v) is 9.27. The Balaban J connectivity index is 5.93. The molecule has 0 saturated carbocycles. The van der Waals surface area contributed by atoms with E-state index in [9.17, 15) is 25.3 Å². The van der Waals surface area contributed by atoms with E-state index in [-0.39, 0.29) is 4.90 Å². The molecule has 3 N–H and O–H groups in total. The van der Waals surface area contributed by atoms with Crippen molar-refractivity contribution in [3.05, 3.63) is 0 Å². The van der Waals surface area contributed by atoms with Crippen molar-refractivity contribution in [2.45, 2.75) is 36.9 Å². The van der Waals surface area contributed by atoms with Gasteiger partial charge >= 0.3 is 0 Å². The Hall–Kier alpha value is -0.310. The van der Waals surface area contributed by atoms with Crippen molar-refractivity contribution < 1.29 is 38.9 Å². The van der Waals surface area contributed by atoms with Crippen LogP contribution in [0.3, 0.4) is 0 Å². The van der Waals surface area contributed by atoms with E-state index in [0.29, 0.717) is 0 Å². The molecule has 3 atom stereocenters. The van der Waals surface area contributed by atoms with Gasteiger partial charge in [-0.05, 0) is 20.8 Å². The van der Waals surface area contributed by atoms with Gasteiger partial charge in [0.2, 0.25) is 0 Å². The summed E-state index contributed by atoms with van der Waals surface area (Å²) in [6.07, 6.45) is 0. The van der Waals surface area contributed by atoms with Crippen molar-refractivity contribution in [2.75, 3.05) is 0 Å². The molecule has 10 nitrogen and oxygen atoms in total. The number of nitrogens with zero attached hydrogens (tertiary/aromatic N) is 1. The summed E-state index contributed by atoms with van der Waals surface area (Å²) in [7, 11) is -14.5. The molecule has 0 aliphatic rings. The zero-order valence-electron chi connectivity index (χ0n) is 10.2. The molecule has 0 aromatic heterocycles. The summed E-state index contributed by atoms with van der Waals surface area (Å²) in [5.74, 6) is 0. The van der Waals surface area contributed by atoms with Gasteiger partial charge < -0.3 is 0 Å². The standard InChI is InChI=1S/C6H15NO9S3/c1-4(17(8,9)10)7(5(2)18(11,12)13)6(3)19(14,15)16/h4-6H,1-3H3,(H,8,9,10)(H,11,12,13)(H,14,15,16)/t4-,5-,6+/m0/s1. The van der Waals surface area contributed by atoms with Gasteiger partial charge in [-0.2, -0.15) is 25.3 Å². The van der Waals surface area contributed by atoms with Crippen molar-refractivity contribution in [3.8, 4) is 0 Å². The zero-order chi connectivity index (χ0) is 15.8. The van der Waals surface area contributed by atoms with Gasteiger partial charge in [-0.3, -0.25) is 13.7 Å². The van der Waals surface area contributed by atoms with Gasteiger partial charge in [0.25, 0.3) is 30.4 Å². The van der Waals surface area contributed by atoms with E-state index in [1.54, 1.807) is 0 Å². The lowest BCUT2D eigenvalue weighted by Crippen LogP contribution is -2.54. The van der Waals surface area contributed by atoms with Crippen LogP contribution >= 0.6 is 0 Å². The molecule has 0 heterocycles. The molecule has 0 radical (unpaired) electrons. The maximum absolute atomic E-state index is 11.0. The van der Waals surface area contributed by atoms with Crippen LogP contribution in [0.5, 0.6) is 0 Å². The zero-order valence-corrected chi connectivity index (χ0v) is 12.6. The molecule has 0 fully saturated rings. The van der Waals surface area contributed by atoms with Crippen molar-refractivity contribution in [1.82, 2.24) is 4.90 Å². The molecule has 0 amide bonds. The average Bonchev–Trinajstić information content (AvgIpc) is 2.13. The van der Waals surface area contributed by atoms with Crippen LogP contribution in [-0.4, -0.2) is 59.9 Å². The fourth-order valence-corrected chi connectivity index (χ4v) is 3.60. The summed E-state index contributed by atoms with van der Waals surface area (Å²) in [5.41, 5.74) is 0. The summed E-state index contributed by atoms with van der Waals surface area (Å²) < 4.78 is 92.6. The van der Waals surface area contributed by atoms with E-state index < -0.39 is 46.5 Å². The smallest absolute Gasteiger partial charge is 0.281 e. The lowest BCUT2D eigenvalue weighted by atomic mass is 10.5. The Morgan fingerprint density at radius 1 is 0.632 bits per heavy atom. The summed E-state index contributed by atoms with van der Waals surface area (Å²) in [6, 6.07) is 0. The van der Waals surface area contributed by atoms with Gasteiger partial charge in [-0.15, -0.1) is 0 Å². The summed E-state index contributed by atoms with van der Waals surface area (Å²) in [6.45, 7) is 2.41. The van der Waals surface area contributed by atoms with Crippen LogP contribution in [-0.2, 0) is 30.4 Å². The molecule has 0 saturated heterocycles. The topological polar surface area (TPSA) is 166 Å². The maximum Gasteiger partial charge on any atom is 0.281 e. The monoisotopic (exact) mass is 341 g/mol. The van der Waals surface area contributed by atoms with Gasteiger partial charge in [-0.25, -0.2) is 4.90 Å². The normalized spacial score (nSPS) is 19.1. The fraction of sp³-hybridized carbons (Fsp3) is 1.00. The van der Waals surface area contributed by atoms with Gasteiger partial charge in [0.1, 0.15) is 16.1 Å². The second kappa shape index (κ2) is 5.59. The fourth-order valence-electron chi connectivity index (χ4n) is 1.35. The van der Waals surface area contributed by atoms with E-state index in [1.807, 2.05) is 0 Å².